The highest BCUT2D eigenvalue weighted by molar-refractivity contribution is 5.94. The zero-order chi connectivity index (χ0) is 23.2. The number of rotatable bonds is 3. The minimum absolute atomic E-state index is 0.00281. The Morgan fingerprint density at radius 2 is 1.67 bits per heavy atom. The van der Waals surface area contributed by atoms with Crippen molar-refractivity contribution in [3.63, 3.8) is 0 Å². The Labute approximate surface area is 191 Å². The van der Waals surface area contributed by atoms with E-state index in [1.807, 2.05) is 61.8 Å². The second-order valence-corrected chi connectivity index (χ2v) is 9.30. The van der Waals surface area contributed by atoms with Crippen LogP contribution in [0.25, 0.3) is 22.7 Å². The van der Waals surface area contributed by atoms with E-state index in [2.05, 4.69) is 20.1 Å². The molecule has 1 fully saturated rings. The summed E-state index contributed by atoms with van der Waals surface area (Å²) in [4.78, 5) is 30.3. The number of fused-ring (bicyclic) bond motifs is 1. The van der Waals surface area contributed by atoms with Gasteiger partial charge in [-0.05, 0) is 43.3 Å². The van der Waals surface area contributed by atoms with Gasteiger partial charge in [-0.1, -0.05) is 25.9 Å². The molecule has 0 aliphatic carbocycles. The van der Waals surface area contributed by atoms with Crippen LogP contribution in [0.1, 0.15) is 42.6 Å². The van der Waals surface area contributed by atoms with Crippen molar-refractivity contribution in [3.8, 4) is 11.5 Å². The van der Waals surface area contributed by atoms with Crippen LogP contribution in [0.2, 0.25) is 0 Å². The second-order valence-electron chi connectivity index (χ2n) is 9.30. The van der Waals surface area contributed by atoms with Crippen LogP contribution in [-0.2, 0) is 5.41 Å². The van der Waals surface area contributed by atoms with Crippen LogP contribution in [0.3, 0.4) is 0 Å². The number of oxazole rings is 1. The fourth-order valence-electron chi connectivity index (χ4n) is 3.72. The van der Waals surface area contributed by atoms with Gasteiger partial charge in [0.15, 0.2) is 11.4 Å². The summed E-state index contributed by atoms with van der Waals surface area (Å²) in [6.07, 6.45) is 0. The van der Waals surface area contributed by atoms with E-state index >= 15 is 0 Å². The molecule has 1 amide bonds. The quantitative estimate of drug-likeness (QED) is 0.468. The van der Waals surface area contributed by atoms with Crippen molar-refractivity contribution in [1.82, 2.24) is 25.0 Å². The Balaban J connectivity index is 1.23. The number of anilines is 1. The molecule has 5 rings (SSSR count). The summed E-state index contributed by atoms with van der Waals surface area (Å²) in [7, 11) is 0. The summed E-state index contributed by atoms with van der Waals surface area (Å²) >= 11 is 0. The Kier molecular flexibility index (Phi) is 5.11. The van der Waals surface area contributed by atoms with Crippen molar-refractivity contribution >= 4 is 23.2 Å². The van der Waals surface area contributed by atoms with Crippen LogP contribution < -0.4 is 4.90 Å². The first-order valence-electron chi connectivity index (χ1n) is 11.0. The summed E-state index contributed by atoms with van der Waals surface area (Å²) < 4.78 is 11.2. The van der Waals surface area contributed by atoms with E-state index in [4.69, 9.17) is 8.94 Å². The molecule has 1 saturated heterocycles. The van der Waals surface area contributed by atoms with E-state index < -0.39 is 0 Å². The molecule has 9 heteroatoms. The molecule has 0 unspecified atom stereocenters. The van der Waals surface area contributed by atoms with Crippen molar-refractivity contribution < 1.29 is 13.7 Å². The molecule has 0 saturated carbocycles. The van der Waals surface area contributed by atoms with Gasteiger partial charge in [-0.25, -0.2) is 4.98 Å². The minimum Gasteiger partial charge on any atom is -0.422 e. The lowest BCUT2D eigenvalue weighted by Gasteiger charge is -2.33. The molecule has 0 radical (unpaired) electrons. The van der Waals surface area contributed by atoms with Gasteiger partial charge < -0.3 is 18.7 Å². The predicted molar refractivity (Wildman–Crippen MR) is 123 cm³/mol. The number of nitrogens with zero attached hydrogens (tertiary/aromatic N) is 6. The van der Waals surface area contributed by atoms with E-state index in [1.165, 1.54) is 0 Å². The number of carbonyl (C=O) groups excluding carboxylic acids is 1. The maximum atomic E-state index is 13.0. The van der Waals surface area contributed by atoms with Gasteiger partial charge in [0.05, 0.1) is 0 Å². The SMILES string of the molecule is Cc1ccc2oc(N3CCN(C(=O)c4ccc(-c5nc(C(C)(C)C)no5)cc4)CC3)nc2n1. The Morgan fingerprint density at radius 3 is 2.33 bits per heavy atom. The lowest BCUT2D eigenvalue weighted by molar-refractivity contribution is 0.0745. The van der Waals surface area contributed by atoms with Gasteiger partial charge in [0.2, 0.25) is 5.65 Å². The first kappa shape index (κ1) is 21.1. The van der Waals surface area contributed by atoms with E-state index in [1.54, 1.807) is 12.1 Å². The number of carbonyl (C=O) groups is 1. The van der Waals surface area contributed by atoms with Gasteiger partial charge in [-0.3, -0.25) is 4.79 Å². The van der Waals surface area contributed by atoms with Crippen LogP contribution >= 0.6 is 0 Å². The number of pyridine rings is 1. The smallest absolute Gasteiger partial charge is 0.300 e. The molecule has 0 atom stereocenters. The number of aryl methyl sites for hydroxylation is 1. The summed E-state index contributed by atoms with van der Waals surface area (Å²) in [6.45, 7) is 10.5. The van der Waals surface area contributed by atoms with Crippen LogP contribution in [0.4, 0.5) is 6.01 Å². The third-order valence-corrected chi connectivity index (χ3v) is 5.69. The molecular weight excluding hydrogens is 420 g/mol. The zero-order valence-electron chi connectivity index (χ0n) is 19.2. The van der Waals surface area contributed by atoms with Gasteiger partial charge >= 0.3 is 0 Å². The molecule has 170 valence electrons. The lowest BCUT2D eigenvalue weighted by Crippen LogP contribution is -2.48. The fraction of sp³-hybridized carbons (Fsp3) is 0.375. The van der Waals surface area contributed by atoms with Crippen molar-refractivity contribution in [2.24, 2.45) is 0 Å². The molecule has 4 aromatic rings. The Hall–Kier alpha value is -3.75. The summed E-state index contributed by atoms with van der Waals surface area (Å²) in [6, 6.07) is 11.6. The monoisotopic (exact) mass is 446 g/mol. The van der Waals surface area contributed by atoms with Gasteiger partial charge in [-0.2, -0.15) is 9.97 Å². The van der Waals surface area contributed by atoms with Crippen molar-refractivity contribution in [2.45, 2.75) is 33.1 Å². The van der Waals surface area contributed by atoms with Gasteiger partial charge in [0.1, 0.15) is 0 Å². The predicted octanol–water partition coefficient (Wildman–Crippen LogP) is 3.84. The van der Waals surface area contributed by atoms with E-state index in [0.29, 0.717) is 60.7 Å². The van der Waals surface area contributed by atoms with E-state index in [9.17, 15) is 4.79 Å². The number of piperazine rings is 1. The topological polar surface area (TPSA) is 101 Å². The number of benzene rings is 1. The lowest BCUT2D eigenvalue weighted by atomic mass is 9.96. The van der Waals surface area contributed by atoms with Gasteiger partial charge in [0.25, 0.3) is 17.8 Å². The highest BCUT2D eigenvalue weighted by Crippen LogP contribution is 2.25. The number of hydrogen-bond donors (Lipinski definition) is 0. The maximum Gasteiger partial charge on any atom is 0.300 e. The molecule has 1 aromatic carbocycles. The van der Waals surface area contributed by atoms with E-state index in [-0.39, 0.29) is 11.3 Å². The second kappa shape index (κ2) is 7.99. The number of hydrogen-bond acceptors (Lipinski definition) is 8. The molecule has 1 aliphatic rings. The van der Waals surface area contributed by atoms with E-state index in [0.717, 1.165) is 11.3 Å². The largest absolute Gasteiger partial charge is 0.422 e. The van der Waals surface area contributed by atoms with Crippen LogP contribution in [0.15, 0.2) is 45.3 Å². The Morgan fingerprint density at radius 1 is 0.939 bits per heavy atom. The number of amides is 1. The summed E-state index contributed by atoms with van der Waals surface area (Å²) in [5.74, 6) is 1.10. The molecule has 3 aromatic heterocycles. The third kappa shape index (κ3) is 4.18. The maximum absolute atomic E-state index is 13.0. The highest BCUT2D eigenvalue weighted by atomic mass is 16.5. The standard InChI is InChI=1S/C24H26N6O3/c1-15-5-10-18-19(25-15)26-23(32-18)30-13-11-29(12-14-30)21(31)17-8-6-16(7-9-17)20-27-22(28-33-20)24(2,3)4/h5-10H,11-14H2,1-4H3. The number of aromatic nitrogens is 4. The molecular formula is C24H26N6O3. The average Bonchev–Trinajstić information content (AvgIpc) is 3.46. The fourth-order valence-corrected chi connectivity index (χ4v) is 3.72. The first-order valence-corrected chi connectivity index (χ1v) is 11.0. The van der Waals surface area contributed by atoms with Gasteiger partial charge in [-0.15, -0.1) is 0 Å². The van der Waals surface area contributed by atoms with Crippen LogP contribution in [-0.4, -0.2) is 57.1 Å². The third-order valence-electron chi connectivity index (χ3n) is 5.69. The molecule has 1 aliphatic heterocycles. The normalized spacial score (nSPS) is 14.8. The minimum atomic E-state index is -0.187. The molecule has 4 heterocycles. The molecule has 0 bridgehead atoms. The average molecular weight is 447 g/mol. The molecule has 0 N–H and O–H groups in total. The van der Waals surface area contributed by atoms with Gasteiger partial charge in [0, 0.05) is 48.4 Å². The zero-order valence-corrected chi connectivity index (χ0v) is 19.2. The first-order chi connectivity index (χ1) is 15.8. The van der Waals surface area contributed by atoms with Crippen LogP contribution in [0.5, 0.6) is 0 Å². The molecule has 33 heavy (non-hydrogen) atoms. The summed E-state index contributed by atoms with van der Waals surface area (Å²) in [5.41, 5.74) is 3.41. The molecule has 9 nitrogen and oxygen atoms in total. The Bertz CT molecular complexity index is 1290. The highest BCUT2D eigenvalue weighted by Gasteiger charge is 2.26. The van der Waals surface area contributed by atoms with Crippen molar-refractivity contribution in [2.75, 3.05) is 31.1 Å². The van der Waals surface area contributed by atoms with Crippen LogP contribution in [0, 0.1) is 6.92 Å². The van der Waals surface area contributed by atoms with Crippen molar-refractivity contribution in [3.05, 3.63) is 53.5 Å². The van der Waals surface area contributed by atoms with Crippen molar-refractivity contribution in [1.29, 1.82) is 0 Å². The summed E-state index contributed by atoms with van der Waals surface area (Å²) in [5, 5.41) is 4.06. The molecule has 0 spiro atoms.